The van der Waals surface area contributed by atoms with Crippen LogP contribution in [0.5, 0.6) is 0 Å². The summed E-state index contributed by atoms with van der Waals surface area (Å²) < 4.78 is 0. The second-order valence-electron chi connectivity index (χ2n) is 5.14. The lowest BCUT2D eigenvalue weighted by Crippen LogP contribution is -2.26. The lowest BCUT2D eigenvalue weighted by molar-refractivity contribution is 0.0774. The topological polar surface area (TPSA) is 20.2 Å². The molecule has 1 nitrogen and oxygen atoms in total. The summed E-state index contributed by atoms with van der Waals surface area (Å²) >= 11 is 1.72. The highest BCUT2D eigenvalue weighted by atomic mass is 32.2. The molecule has 0 aromatic heterocycles. The van der Waals surface area contributed by atoms with Gasteiger partial charge in [-0.05, 0) is 37.8 Å². The Bertz CT molecular complexity index is 408. The Morgan fingerprint density at radius 2 is 1.65 bits per heavy atom. The minimum Gasteiger partial charge on any atom is -0.378 e. The van der Waals surface area contributed by atoms with E-state index in [1.165, 1.54) is 4.90 Å². The standard InChI is InChI=1S/C18H26OS/c1-3-5-13-18(19,14-6-4-2)15-10-16-20-17-11-8-7-9-12-17/h7-9,11-12,19H,3-6,13-14,16H2,1-2H3. The molecule has 0 aliphatic rings. The number of aliphatic hydroxyl groups is 1. The predicted octanol–water partition coefficient (Wildman–Crippen LogP) is 4.89. The van der Waals surface area contributed by atoms with Crippen LogP contribution in [0.1, 0.15) is 52.4 Å². The first kappa shape index (κ1) is 17.1. The van der Waals surface area contributed by atoms with Gasteiger partial charge in [-0.25, -0.2) is 0 Å². The van der Waals surface area contributed by atoms with E-state index in [0.717, 1.165) is 44.3 Å². The highest BCUT2D eigenvalue weighted by molar-refractivity contribution is 7.99. The van der Waals surface area contributed by atoms with Crippen LogP contribution in [-0.4, -0.2) is 16.5 Å². The average Bonchev–Trinajstić information content (AvgIpc) is 2.49. The molecular formula is C18H26OS. The summed E-state index contributed by atoms with van der Waals surface area (Å²) in [5.41, 5.74) is -0.775. The summed E-state index contributed by atoms with van der Waals surface area (Å²) in [6, 6.07) is 10.3. The summed E-state index contributed by atoms with van der Waals surface area (Å²) in [4.78, 5) is 1.23. The monoisotopic (exact) mass is 290 g/mol. The van der Waals surface area contributed by atoms with Crippen LogP contribution in [-0.2, 0) is 0 Å². The molecule has 0 radical (unpaired) electrons. The zero-order chi connectivity index (χ0) is 14.7. The van der Waals surface area contributed by atoms with Gasteiger partial charge in [-0.2, -0.15) is 0 Å². The van der Waals surface area contributed by atoms with E-state index >= 15 is 0 Å². The molecule has 2 heteroatoms. The van der Waals surface area contributed by atoms with Crippen molar-refractivity contribution in [3.63, 3.8) is 0 Å². The maximum Gasteiger partial charge on any atom is 0.125 e. The van der Waals surface area contributed by atoms with Crippen LogP contribution in [0.4, 0.5) is 0 Å². The van der Waals surface area contributed by atoms with Crippen LogP contribution in [0.2, 0.25) is 0 Å². The molecule has 0 aliphatic heterocycles. The van der Waals surface area contributed by atoms with Gasteiger partial charge in [0, 0.05) is 4.90 Å². The molecule has 0 fully saturated rings. The van der Waals surface area contributed by atoms with Crippen molar-refractivity contribution in [1.82, 2.24) is 0 Å². The number of unbranched alkanes of at least 4 members (excludes halogenated alkanes) is 2. The van der Waals surface area contributed by atoms with E-state index in [2.05, 4.69) is 37.8 Å². The van der Waals surface area contributed by atoms with E-state index in [4.69, 9.17) is 0 Å². The number of benzene rings is 1. The predicted molar refractivity (Wildman–Crippen MR) is 88.9 cm³/mol. The molecule has 0 amide bonds. The van der Waals surface area contributed by atoms with Crippen LogP contribution in [0.25, 0.3) is 0 Å². The van der Waals surface area contributed by atoms with Crippen molar-refractivity contribution in [1.29, 1.82) is 0 Å². The Kier molecular flexibility index (Phi) is 8.49. The summed E-state index contributed by atoms with van der Waals surface area (Å²) in [5.74, 6) is 7.02. The van der Waals surface area contributed by atoms with Gasteiger partial charge in [0.2, 0.25) is 0 Å². The minimum absolute atomic E-state index is 0.741. The average molecular weight is 290 g/mol. The van der Waals surface area contributed by atoms with E-state index in [0.29, 0.717) is 0 Å². The van der Waals surface area contributed by atoms with Crippen molar-refractivity contribution in [2.45, 2.75) is 62.9 Å². The Morgan fingerprint density at radius 3 is 2.20 bits per heavy atom. The summed E-state index contributed by atoms with van der Waals surface area (Å²) in [6.45, 7) is 4.30. The van der Waals surface area contributed by atoms with E-state index in [9.17, 15) is 5.11 Å². The maximum absolute atomic E-state index is 10.6. The lowest BCUT2D eigenvalue weighted by atomic mass is 9.91. The third-order valence-corrected chi connectivity index (χ3v) is 4.16. The molecule has 1 aromatic carbocycles. The van der Waals surface area contributed by atoms with E-state index in [-0.39, 0.29) is 0 Å². The third-order valence-electron chi connectivity index (χ3n) is 3.26. The fourth-order valence-corrected chi connectivity index (χ4v) is 2.69. The molecular weight excluding hydrogens is 264 g/mol. The fraction of sp³-hybridized carbons (Fsp3) is 0.556. The fourth-order valence-electron chi connectivity index (χ4n) is 2.03. The largest absolute Gasteiger partial charge is 0.378 e. The number of hydrogen-bond donors (Lipinski definition) is 1. The highest BCUT2D eigenvalue weighted by Crippen LogP contribution is 2.21. The van der Waals surface area contributed by atoms with Gasteiger partial charge in [-0.3, -0.25) is 0 Å². The second kappa shape index (κ2) is 9.91. The molecule has 0 saturated carbocycles. The maximum atomic E-state index is 10.6. The van der Waals surface area contributed by atoms with Crippen LogP contribution in [0, 0.1) is 11.8 Å². The molecule has 0 unspecified atom stereocenters. The van der Waals surface area contributed by atoms with Crippen molar-refractivity contribution in [2.24, 2.45) is 0 Å². The van der Waals surface area contributed by atoms with Gasteiger partial charge >= 0.3 is 0 Å². The van der Waals surface area contributed by atoms with Crippen molar-refractivity contribution in [3.05, 3.63) is 30.3 Å². The van der Waals surface area contributed by atoms with Gasteiger partial charge in [-0.1, -0.05) is 56.7 Å². The van der Waals surface area contributed by atoms with Gasteiger partial charge < -0.3 is 5.11 Å². The second-order valence-corrected chi connectivity index (χ2v) is 6.19. The summed E-state index contributed by atoms with van der Waals surface area (Å²) in [7, 11) is 0. The number of rotatable bonds is 8. The summed E-state index contributed by atoms with van der Waals surface area (Å²) in [6.07, 6.45) is 5.89. The Labute approximate surface area is 128 Å². The summed E-state index contributed by atoms with van der Waals surface area (Å²) in [5, 5.41) is 10.6. The molecule has 20 heavy (non-hydrogen) atoms. The van der Waals surface area contributed by atoms with Gasteiger partial charge in [-0.15, -0.1) is 11.8 Å². The van der Waals surface area contributed by atoms with Crippen LogP contribution in [0.15, 0.2) is 35.2 Å². The molecule has 0 atom stereocenters. The van der Waals surface area contributed by atoms with Gasteiger partial charge in [0.1, 0.15) is 5.60 Å². The molecule has 0 bridgehead atoms. The molecule has 0 spiro atoms. The first-order valence-electron chi connectivity index (χ1n) is 7.60. The molecule has 0 heterocycles. The van der Waals surface area contributed by atoms with E-state index in [1.807, 2.05) is 18.2 Å². The molecule has 1 rings (SSSR count). The molecule has 0 saturated heterocycles. The zero-order valence-corrected chi connectivity index (χ0v) is 13.5. The smallest absolute Gasteiger partial charge is 0.125 e. The van der Waals surface area contributed by atoms with Crippen molar-refractivity contribution in [3.8, 4) is 11.8 Å². The molecule has 1 N–H and O–H groups in total. The first-order chi connectivity index (χ1) is 9.70. The minimum atomic E-state index is -0.775. The molecule has 0 aliphatic carbocycles. The molecule has 110 valence electrons. The number of thioether (sulfide) groups is 1. The van der Waals surface area contributed by atoms with E-state index < -0.39 is 5.60 Å². The molecule has 1 aromatic rings. The van der Waals surface area contributed by atoms with Crippen molar-refractivity contribution >= 4 is 11.8 Å². The van der Waals surface area contributed by atoms with Crippen molar-refractivity contribution in [2.75, 3.05) is 5.75 Å². The van der Waals surface area contributed by atoms with Crippen molar-refractivity contribution < 1.29 is 5.11 Å². The number of hydrogen-bond acceptors (Lipinski definition) is 2. The van der Waals surface area contributed by atoms with Crippen LogP contribution >= 0.6 is 11.8 Å². The van der Waals surface area contributed by atoms with Crippen LogP contribution < -0.4 is 0 Å². The SMILES string of the molecule is CCCCC(O)(C#CCSc1ccccc1)CCCC. The Morgan fingerprint density at radius 1 is 1.05 bits per heavy atom. The quantitative estimate of drug-likeness (QED) is 0.543. The van der Waals surface area contributed by atoms with Gasteiger partial charge in [0.25, 0.3) is 0 Å². The third kappa shape index (κ3) is 7.03. The Balaban J connectivity index is 2.49. The zero-order valence-electron chi connectivity index (χ0n) is 12.7. The van der Waals surface area contributed by atoms with Crippen LogP contribution in [0.3, 0.4) is 0 Å². The van der Waals surface area contributed by atoms with Gasteiger partial charge in [0.15, 0.2) is 0 Å². The van der Waals surface area contributed by atoms with Gasteiger partial charge in [0.05, 0.1) is 5.75 Å². The van der Waals surface area contributed by atoms with E-state index in [1.54, 1.807) is 11.8 Å². The normalized spacial score (nSPS) is 10.9. The Hall–Kier alpha value is -0.910. The lowest BCUT2D eigenvalue weighted by Gasteiger charge is -2.21. The first-order valence-corrected chi connectivity index (χ1v) is 8.59. The highest BCUT2D eigenvalue weighted by Gasteiger charge is 2.22.